The molecule has 0 aliphatic rings. The van der Waals surface area contributed by atoms with Crippen molar-refractivity contribution in [1.29, 1.82) is 0 Å². The largest absolute Gasteiger partial charge is 0.307 e. The molecule has 0 aliphatic heterocycles. The van der Waals surface area contributed by atoms with E-state index in [4.69, 9.17) is 5.84 Å². The van der Waals surface area contributed by atoms with Gasteiger partial charge in [0.2, 0.25) is 0 Å². The minimum Gasteiger partial charge on any atom is -0.307 e. The van der Waals surface area contributed by atoms with Gasteiger partial charge in [0.15, 0.2) is 11.5 Å². The Balaban J connectivity index is 2.27. The van der Waals surface area contributed by atoms with Crippen LogP contribution in [0, 0.1) is 5.92 Å². The first kappa shape index (κ1) is 12.2. The highest BCUT2D eigenvalue weighted by Crippen LogP contribution is 2.25. The summed E-state index contributed by atoms with van der Waals surface area (Å²) in [5.41, 5.74) is 3.46. The van der Waals surface area contributed by atoms with Gasteiger partial charge in [0.05, 0.1) is 6.20 Å². The lowest BCUT2D eigenvalue weighted by Gasteiger charge is -2.09. The zero-order valence-corrected chi connectivity index (χ0v) is 10.9. The number of fused-ring (bicyclic) bond motifs is 1. The van der Waals surface area contributed by atoms with Crippen LogP contribution < -0.4 is 11.3 Å². The predicted molar refractivity (Wildman–Crippen MR) is 71.0 cm³/mol. The molecule has 0 radical (unpaired) electrons. The second-order valence-electron chi connectivity index (χ2n) is 4.06. The molecule has 2 rings (SSSR count). The topological polar surface area (TPSA) is 68.2 Å². The Bertz CT molecular complexity index is 496. The van der Waals surface area contributed by atoms with Crippen LogP contribution in [-0.4, -0.2) is 20.1 Å². The fourth-order valence-electron chi connectivity index (χ4n) is 1.41. The normalized spacial score (nSPS) is 12.9. The van der Waals surface area contributed by atoms with Gasteiger partial charge in [0.1, 0.15) is 5.03 Å². The van der Waals surface area contributed by atoms with Gasteiger partial charge in [-0.15, -0.1) is 11.8 Å². The van der Waals surface area contributed by atoms with Crippen molar-refractivity contribution in [2.45, 2.75) is 25.3 Å². The van der Waals surface area contributed by atoms with Crippen molar-refractivity contribution in [3.05, 3.63) is 18.6 Å². The van der Waals surface area contributed by atoms with Crippen LogP contribution in [0.15, 0.2) is 23.6 Å². The molecule has 0 amide bonds. The predicted octanol–water partition coefficient (Wildman–Crippen LogP) is 2.15. The maximum Gasteiger partial charge on any atom is 0.169 e. The van der Waals surface area contributed by atoms with Crippen LogP contribution in [0.25, 0.3) is 5.65 Å². The number of hydrogen-bond acceptors (Lipinski definition) is 5. The van der Waals surface area contributed by atoms with Gasteiger partial charge in [-0.3, -0.25) is 0 Å². The number of aromatic nitrogens is 3. The molecule has 92 valence electrons. The Morgan fingerprint density at radius 3 is 3.12 bits per heavy atom. The van der Waals surface area contributed by atoms with E-state index in [1.54, 1.807) is 18.0 Å². The fourth-order valence-corrected chi connectivity index (χ4v) is 2.54. The highest BCUT2D eigenvalue weighted by molar-refractivity contribution is 7.99. The van der Waals surface area contributed by atoms with Crippen LogP contribution in [-0.2, 0) is 0 Å². The number of nitrogens with one attached hydrogen (secondary N) is 1. The third kappa shape index (κ3) is 2.70. The van der Waals surface area contributed by atoms with E-state index < -0.39 is 0 Å². The number of hydrogen-bond donors (Lipinski definition) is 2. The van der Waals surface area contributed by atoms with Gasteiger partial charge in [-0.25, -0.2) is 15.8 Å². The van der Waals surface area contributed by atoms with Crippen molar-refractivity contribution in [1.82, 2.24) is 14.4 Å². The monoisotopic (exact) mass is 251 g/mol. The average molecular weight is 251 g/mol. The third-order valence-electron chi connectivity index (χ3n) is 2.69. The molecule has 0 aliphatic carbocycles. The van der Waals surface area contributed by atoms with Crippen molar-refractivity contribution >= 4 is 23.2 Å². The minimum atomic E-state index is 0.655. The summed E-state index contributed by atoms with van der Waals surface area (Å²) >= 11 is 1.73. The number of nitrogens with zero attached hydrogens (tertiary/aromatic N) is 3. The average Bonchev–Trinajstić information content (AvgIpc) is 2.83. The van der Waals surface area contributed by atoms with Gasteiger partial charge in [0.25, 0.3) is 0 Å². The number of anilines is 1. The van der Waals surface area contributed by atoms with Crippen molar-refractivity contribution in [3.8, 4) is 0 Å². The first-order valence-corrected chi connectivity index (χ1v) is 6.66. The van der Waals surface area contributed by atoms with Gasteiger partial charge in [-0.1, -0.05) is 20.3 Å². The summed E-state index contributed by atoms with van der Waals surface area (Å²) in [5.74, 6) is 7.77. The molecule has 5 nitrogen and oxygen atoms in total. The summed E-state index contributed by atoms with van der Waals surface area (Å²) in [6.45, 7) is 4.43. The Morgan fingerprint density at radius 1 is 1.59 bits per heavy atom. The number of nitrogens with two attached hydrogens (primary N) is 1. The summed E-state index contributed by atoms with van der Waals surface area (Å²) in [4.78, 5) is 8.75. The standard InChI is InChI=1S/C11H17N5S/c1-3-8(2)7-17-11-10-13-4-5-16(10)6-9(14-11)15-12/h4-6,8,15H,3,7,12H2,1-2H3. The van der Waals surface area contributed by atoms with Crippen molar-refractivity contribution in [2.75, 3.05) is 11.2 Å². The number of imidazole rings is 1. The van der Waals surface area contributed by atoms with Crippen LogP contribution in [0.1, 0.15) is 20.3 Å². The molecule has 3 N–H and O–H groups in total. The van der Waals surface area contributed by atoms with E-state index in [9.17, 15) is 0 Å². The van der Waals surface area contributed by atoms with Gasteiger partial charge < -0.3 is 9.83 Å². The zero-order chi connectivity index (χ0) is 12.3. The highest BCUT2D eigenvalue weighted by Gasteiger charge is 2.09. The van der Waals surface area contributed by atoms with E-state index in [1.807, 2.05) is 16.8 Å². The SMILES string of the molecule is CCC(C)CSc1nc(NN)cn2ccnc12. The van der Waals surface area contributed by atoms with Crippen LogP contribution in [0.4, 0.5) is 5.82 Å². The van der Waals surface area contributed by atoms with Crippen molar-refractivity contribution in [3.63, 3.8) is 0 Å². The zero-order valence-electron chi connectivity index (χ0n) is 10.1. The molecule has 0 aromatic carbocycles. The van der Waals surface area contributed by atoms with Crippen LogP contribution in [0.3, 0.4) is 0 Å². The smallest absolute Gasteiger partial charge is 0.169 e. The summed E-state index contributed by atoms with van der Waals surface area (Å²) < 4.78 is 1.93. The van der Waals surface area contributed by atoms with Crippen molar-refractivity contribution in [2.24, 2.45) is 11.8 Å². The first-order chi connectivity index (χ1) is 8.24. The van der Waals surface area contributed by atoms with E-state index in [0.29, 0.717) is 11.7 Å². The molecular formula is C11H17N5S. The maximum absolute atomic E-state index is 5.41. The molecule has 2 heterocycles. The second kappa shape index (κ2) is 5.37. The fraction of sp³-hybridized carbons (Fsp3) is 0.455. The van der Waals surface area contributed by atoms with Gasteiger partial charge in [-0.05, 0) is 5.92 Å². The Labute approximate surface area is 105 Å². The lowest BCUT2D eigenvalue weighted by molar-refractivity contribution is 0.636. The first-order valence-electron chi connectivity index (χ1n) is 5.67. The molecule has 0 spiro atoms. The van der Waals surface area contributed by atoms with E-state index in [-0.39, 0.29) is 0 Å². The Hall–Kier alpha value is -1.27. The van der Waals surface area contributed by atoms with E-state index in [2.05, 4.69) is 29.2 Å². The number of hydrazine groups is 1. The van der Waals surface area contributed by atoms with Crippen LogP contribution in [0.5, 0.6) is 0 Å². The third-order valence-corrected chi connectivity index (χ3v) is 3.98. The summed E-state index contributed by atoms with van der Waals surface area (Å²) in [7, 11) is 0. The van der Waals surface area contributed by atoms with E-state index in [1.165, 1.54) is 6.42 Å². The summed E-state index contributed by atoms with van der Waals surface area (Å²) in [6.07, 6.45) is 6.66. The maximum atomic E-state index is 5.41. The van der Waals surface area contributed by atoms with Gasteiger partial charge in [-0.2, -0.15) is 0 Å². The second-order valence-corrected chi connectivity index (χ2v) is 5.07. The quantitative estimate of drug-likeness (QED) is 0.484. The molecule has 1 atom stereocenters. The Morgan fingerprint density at radius 2 is 2.41 bits per heavy atom. The van der Waals surface area contributed by atoms with E-state index in [0.717, 1.165) is 16.4 Å². The number of nitrogen functional groups attached to an aromatic ring is 1. The molecule has 2 aromatic rings. The molecule has 17 heavy (non-hydrogen) atoms. The van der Waals surface area contributed by atoms with Gasteiger partial charge >= 0.3 is 0 Å². The molecule has 2 aromatic heterocycles. The molecule has 0 fully saturated rings. The molecule has 0 bridgehead atoms. The molecular weight excluding hydrogens is 234 g/mol. The van der Waals surface area contributed by atoms with Crippen LogP contribution in [0.2, 0.25) is 0 Å². The van der Waals surface area contributed by atoms with Crippen LogP contribution >= 0.6 is 11.8 Å². The van der Waals surface area contributed by atoms with Crippen molar-refractivity contribution < 1.29 is 0 Å². The molecule has 0 saturated carbocycles. The summed E-state index contributed by atoms with van der Waals surface area (Å²) in [6, 6.07) is 0. The van der Waals surface area contributed by atoms with E-state index >= 15 is 0 Å². The minimum absolute atomic E-state index is 0.655. The number of rotatable bonds is 5. The lowest BCUT2D eigenvalue weighted by atomic mass is 10.2. The molecule has 6 heteroatoms. The van der Waals surface area contributed by atoms with Gasteiger partial charge in [0, 0.05) is 18.1 Å². The number of thioether (sulfide) groups is 1. The molecule has 1 unspecified atom stereocenters. The lowest BCUT2D eigenvalue weighted by Crippen LogP contribution is -2.10. The molecule has 0 saturated heterocycles. The highest BCUT2D eigenvalue weighted by atomic mass is 32.2. The summed E-state index contributed by atoms with van der Waals surface area (Å²) in [5, 5.41) is 0.922. The Kier molecular flexibility index (Phi) is 3.86.